The van der Waals surface area contributed by atoms with Crippen LogP contribution in [0.3, 0.4) is 0 Å². The average Bonchev–Trinajstić information content (AvgIpc) is 3.20. The van der Waals surface area contributed by atoms with Crippen molar-refractivity contribution in [3.05, 3.63) is 92.3 Å². The predicted molar refractivity (Wildman–Crippen MR) is 139 cm³/mol. The van der Waals surface area contributed by atoms with Crippen molar-refractivity contribution >= 4 is 35.0 Å². The van der Waals surface area contributed by atoms with Gasteiger partial charge in [-0.1, -0.05) is 34.4 Å². The second-order valence-corrected chi connectivity index (χ2v) is 10.1. The fraction of sp³-hybridized carbons (Fsp3) is 0.222. The van der Waals surface area contributed by atoms with Gasteiger partial charge in [0.05, 0.1) is 34.3 Å². The smallest absolute Gasteiger partial charge is 0.337 e. The normalized spacial score (nSPS) is 14.3. The van der Waals surface area contributed by atoms with E-state index in [1.807, 2.05) is 0 Å². The van der Waals surface area contributed by atoms with Crippen LogP contribution < -0.4 is 9.64 Å². The first-order chi connectivity index (χ1) is 18.5. The van der Waals surface area contributed by atoms with E-state index in [2.05, 4.69) is 10.1 Å². The second kappa shape index (κ2) is 10.1. The molecule has 0 unspecified atom stereocenters. The molecule has 1 aliphatic rings. The summed E-state index contributed by atoms with van der Waals surface area (Å²) >= 11 is 12.8. The lowest BCUT2D eigenvalue weighted by Gasteiger charge is -2.47. The number of pyridine rings is 1. The van der Waals surface area contributed by atoms with E-state index >= 15 is 0 Å². The second-order valence-electron chi connectivity index (χ2n) is 9.30. The summed E-state index contributed by atoms with van der Waals surface area (Å²) in [6.07, 6.45) is 1.06. The molecule has 1 aliphatic heterocycles. The van der Waals surface area contributed by atoms with Crippen LogP contribution in [0, 0.1) is 25.5 Å². The van der Waals surface area contributed by atoms with Crippen molar-refractivity contribution in [2.45, 2.75) is 26.1 Å². The fourth-order valence-electron chi connectivity index (χ4n) is 4.56. The number of carboxylic acids is 1. The molecule has 0 aliphatic carbocycles. The number of halogens is 4. The summed E-state index contributed by atoms with van der Waals surface area (Å²) in [5, 5.41) is 24.6. The van der Waals surface area contributed by atoms with Crippen LogP contribution in [0.15, 0.2) is 47.1 Å². The summed E-state index contributed by atoms with van der Waals surface area (Å²) < 4.78 is 39.4. The third-order valence-electron chi connectivity index (χ3n) is 6.57. The van der Waals surface area contributed by atoms with Gasteiger partial charge in [-0.15, -0.1) is 0 Å². The van der Waals surface area contributed by atoms with Crippen molar-refractivity contribution in [2.75, 3.05) is 18.0 Å². The number of β-amino-alcohol motifs (C(OH)–C–C–N with tert-alkyl or cyclic N) is 1. The quantitative estimate of drug-likeness (QED) is 0.279. The molecular formula is C27H21Cl2F2N3O5. The van der Waals surface area contributed by atoms with Crippen LogP contribution in [-0.2, 0) is 12.2 Å². The minimum absolute atomic E-state index is 0.00425. The van der Waals surface area contributed by atoms with E-state index in [1.165, 1.54) is 17.0 Å². The first-order valence-corrected chi connectivity index (χ1v) is 12.4. The molecule has 0 bridgehead atoms. The molecule has 2 aromatic carbocycles. The Morgan fingerprint density at radius 1 is 1.15 bits per heavy atom. The van der Waals surface area contributed by atoms with Gasteiger partial charge in [0, 0.05) is 17.3 Å². The van der Waals surface area contributed by atoms with Crippen LogP contribution in [-0.4, -0.2) is 39.4 Å². The van der Waals surface area contributed by atoms with Crippen molar-refractivity contribution in [1.82, 2.24) is 10.1 Å². The molecule has 39 heavy (non-hydrogen) atoms. The molecule has 2 N–H and O–H groups in total. The van der Waals surface area contributed by atoms with Gasteiger partial charge >= 0.3 is 5.97 Å². The molecular weight excluding hydrogens is 555 g/mol. The molecule has 2 aromatic heterocycles. The van der Waals surface area contributed by atoms with Gasteiger partial charge in [0.2, 0.25) is 0 Å². The molecule has 8 nitrogen and oxygen atoms in total. The molecule has 4 aromatic rings. The zero-order valence-electron chi connectivity index (χ0n) is 20.6. The maximum Gasteiger partial charge on any atom is 0.337 e. The molecule has 0 saturated carbocycles. The number of nitrogens with zero attached hydrogens (tertiary/aromatic N) is 3. The zero-order valence-corrected chi connectivity index (χ0v) is 22.1. The Bertz CT molecular complexity index is 1580. The number of aryl methyl sites for hydroxylation is 2. The van der Waals surface area contributed by atoms with Crippen molar-refractivity contribution < 1.29 is 33.0 Å². The Kier molecular flexibility index (Phi) is 6.96. The van der Waals surface area contributed by atoms with Gasteiger partial charge in [-0.3, -0.25) is 0 Å². The van der Waals surface area contributed by atoms with E-state index in [0.29, 0.717) is 39.5 Å². The maximum absolute atomic E-state index is 14.4. The Morgan fingerprint density at radius 3 is 2.54 bits per heavy atom. The van der Waals surface area contributed by atoms with Gasteiger partial charge in [0.1, 0.15) is 35.2 Å². The third kappa shape index (κ3) is 5.03. The van der Waals surface area contributed by atoms with Gasteiger partial charge in [-0.05, 0) is 49.7 Å². The summed E-state index contributed by atoms with van der Waals surface area (Å²) in [6, 6.07) is 8.26. The number of anilines is 1. The van der Waals surface area contributed by atoms with Crippen LogP contribution in [0.4, 0.5) is 14.6 Å². The lowest BCUT2D eigenvalue weighted by Crippen LogP contribution is -2.60. The van der Waals surface area contributed by atoms with Crippen LogP contribution in [0.25, 0.3) is 11.3 Å². The highest BCUT2D eigenvalue weighted by molar-refractivity contribution is 6.33. The van der Waals surface area contributed by atoms with E-state index in [-0.39, 0.29) is 41.1 Å². The molecule has 1 fully saturated rings. The Morgan fingerprint density at radius 2 is 1.90 bits per heavy atom. The first-order valence-electron chi connectivity index (χ1n) is 11.7. The average molecular weight is 576 g/mol. The van der Waals surface area contributed by atoms with E-state index in [0.717, 1.165) is 12.3 Å². The number of hydrogen-bond donors (Lipinski definition) is 2. The third-order valence-corrected chi connectivity index (χ3v) is 7.18. The number of carbonyl (C=O) groups is 1. The number of ether oxygens (including phenoxy) is 1. The van der Waals surface area contributed by atoms with Gasteiger partial charge in [-0.2, -0.15) is 0 Å². The lowest BCUT2D eigenvalue weighted by molar-refractivity contribution is 0.00670. The van der Waals surface area contributed by atoms with Gasteiger partial charge in [0.15, 0.2) is 11.6 Å². The Hall–Kier alpha value is -3.73. The molecule has 0 atom stereocenters. The SMILES string of the molecule is Cc1cc(F)cc(Cl)c1-c1noc(C)c1COc1ccc(C2(O)CN(c3ncc(C(=O)O)cc3F)C2)c(Cl)c1. The first kappa shape index (κ1) is 26.9. The minimum Gasteiger partial charge on any atom is -0.489 e. The predicted octanol–water partition coefficient (Wildman–Crippen LogP) is 5.92. The van der Waals surface area contributed by atoms with E-state index < -0.39 is 23.2 Å². The number of carboxylic acid groups (broad SMARTS) is 1. The monoisotopic (exact) mass is 575 g/mol. The fourth-order valence-corrected chi connectivity index (χ4v) is 5.25. The molecule has 0 radical (unpaired) electrons. The Balaban J connectivity index is 1.30. The van der Waals surface area contributed by atoms with Crippen LogP contribution in [0.5, 0.6) is 5.75 Å². The molecule has 12 heteroatoms. The van der Waals surface area contributed by atoms with Gasteiger partial charge in [-0.25, -0.2) is 18.6 Å². The van der Waals surface area contributed by atoms with Gasteiger partial charge in [0.25, 0.3) is 0 Å². The number of rotatable bonds is 7. The highest BCUT2D eigenvalue weighted by atomic mass is 35.5. The lowest BCUT2D eigenvalue weighted by atomic mass is 9.86. The van der Waals surface area contributed by atoms with Crippen LogP contribution in [0.2, 0.25) is 10.0 Å². The van der Waals surface area contributed by atoms with Crippen molar-refractivity contribution in [1.29, 1.82) is 0 Å². The van der Waals surface area contributed by atoms with Crippen LogP contribution >= 0.6 is 23.2 Å². The summed E-state index contributed by atoms with van der Waals surface area (Å²) in [4.78, 5) is 16.4. The maximum atomic E-state index is 14.4. The number of aromatic nitrogens is 2. The topological polar surface area (TPSA) is 109 Å². The molecule has 3 heterocycles. The highest BCUT2D eigenvalue weighted by Gasteiger charge is 2.45. The Labute approximate surface area is 231 Å². The minimum atomic E-state index is -1.37. The number of aliphatic hydroxyl groups is 1. The van der Waals surface area contributed by atoms with Crippen molar-refractivity contribution in [3.63, 3.8) is 0 Å². The van der Waals surface area contributed by atoms with Crippen molar-refractivity contribution in [2.24, 2.45) is 0 Å². The zero-order chi connectivity index (χ0) is 28.1. The molecule has 0 spiro atoms. The van der Waals surface area contributed by atoms with Crippen molar-refractivity contribution in [3.8, 4) is 17.0 Å². The van der Waals surface area contributed by atoms with E-state index in [4.69, 9.17) is 37.6 Å². The number of aromatic carboxylic acids is 1. The van der Waals surface area contributed by atoms with E-state index in [1.54, 1.807) is 32.0 Å². The molecule has 0 amide bonds. The highest BCUT2D eigenvalue weighted by Crippen LogP contribution is 2.40. The number of hydrogen-bond acceptors (Lipinski definition) is 7. The summed E-state index contributed by atoms with van der Waals surface area (Å²) in [6.45, 7) is 3.51. The molecule has 5 rings (SSSR count). The summed E-state index contributed by atoms with van der Waals surface area (Å²) in [5.41, 5.74) is 0.993. The van der Waals surface area contributed by atoms with Gasteiger partial charge < -0.3 is 24.4 Å². The standard InChI is InChI=1S/C27H21Cl2F2N3O5/c1-13-5-16(30)7-21(29)23(13)24-18(14(2)39-33-24)10-38-17-3-4-19(20(28)8-17)27(37)11-34(12-27)25-22(31)6-15(9-32-25)26(35)36/h3-9,37H,10-12H2,1-2H3,(H,35,36). The van der Waals surface area contributed by atoms with Crippen LogP contribution in [0.1, 0.15) is 32.8 Å². The number of benzene rings is 2. The largest absolute Gasteiger partial charge is 0.489 e. The summed E-state index contributed by atoms with van der Waals surface area (Å²) in [5.74, 6) is -1.68. The molecule has 1 saturated heterocycles. The summed E-state index contributed by atoms with van der Waals surface area (Å²) in [7, 11) is 0. The molecule has 202 valence electrons. The van der Waals surface area contributed by atoms with E-state index in [9.17, 15) is 18.7 Å².